The highest BCUT2D eigenvalue weighted by atomic mass is 16.7. The van der Waals surface area contributed by atoms with Crippen LogP contribution in [-0.4, -0.2) is 120 Å². The maximum Gasteiger partial charge on any atom is 0.335 e. The Labute approximate surface area is 135 Å². The van der Waals surface area contributed by atoms with Crippen molar-refractivity contribution < 1.29 is 60.2 Å². The van der Waals surface area contributed by atoms with E-state index in [2.05, 4.69) is 0 Å². The lowest BCUT2D eigenvalue weighted by atomic mass is 9.98. The van der Waals surface area contributed by atoms with Gasteiger partial charge in [0.1, 0.15) is 42.7 Å². The van der Waals surface area contributed by atoms with Crippen LogP contribution in [0, 0.1) is 0 Å². The predicted octanol–water partition coefficient (Wildman–Crippen LogP) is -5.67. The third-order valence-corrected chi connectivity index (χ3v) is 3.62. The SMILES string of the molecule is O=C(O)C(O)C(O)[C@H](OC1O[C@H](CO)C(O)C(O)[C@H]1O)[C@H](O)CO. The van der Waals surface area contributed by atoms with E-state index in [9.17, 15) is 35.4 Å². The van der Waals surface area contributed by atoms with Crippen LogP contribution in [0.2, 0.25) is 0 Å². The molecule has 0 radical (unpaired) electrons. The number of aliphatic hydroxyl groups excluding tert-OH is 8. The van der Waals surface area contributed by atoms with Crippen LogP contribution in [0.15, 0.2) is 0 Å². The second-order valence-electron chi connectivity index (χ2n) is 5.32. The van der Waals surface area contributed by atoms with Crippen molar-refractivity contribution in [2.24, 2.45) is 0 Å². The van der Waals surface area contributed by atoms with Crippen LogP contribution in [0.1, 0.15) is 0 Å². The van der Waals surface area contributed by atoms with E-state index >= 15 is 0 Å². The van der Waals surface area contributed by atoms with Gasteiger partial charge in [-0.1, -0.05) is 0 Å². The van der Waals surface area contributed by atoms with E-state index in [1.807, 2.05) is 0 Å². The summed E-state index contributed by atoms with van der Waals surface area (Å²) in [4.78, 5) is 10.7. The number of hydrogen-bond acceptors (Lipinski definition) is 11. The van der Waals surface area contributed by atoms with Gasteiger partial charge < -0.3 is 55.4 Å². The zero-order chi connectivity index (χ0) is 18.6. The number of carboxylic acid groups (broad SMARTS) is 1. The first kappa shape index (κ1) is 21.1. The van der Waals surface area contributed by atoms with Gasteiger partial charge in [0.25, 0.3) is 0 Å². The summed E-state index contributed by atoms with van der Waals surface area (Å²) in [7, 11) is 0. The van der Waals surface area contributed by atoms with E-state index in [4.69, 9.17) is 24.8 Å². The number of aliphatic carboxylic acids is 1. The molecule has 0 aromatic rings. The minimum Gasteiger partial charge on any atom is -0.479 e. The lowest BCUT2D eigenvalue weighted by molar-refractivity contribution is -0.326. The summed E-state index contributed by atoms with van der Waals surface area (Å²) < 4.78 is 9.98. The normalized spacial score (nSPS) is 35.9. The number of carboxylic acids is 1. The number of rotatable bonds is 8. The van der Waals surface area contributed by atoms with Crippen molar-refractivity contribution in [1.29, 1.82) is 0 Å². The van der Waals surface area contributed by atoms with Gasteiger partial charge >= 0.3 is 5.97 Å². The molecule has 1 rings (SSSR count). The number of ether oxygens (including phenoxy) is 2. The zero-order valence-corrected chi connectivity index (χ0v) is 12.4. The van der Waals surface area contributed by atoms with Crippen LogP contribution in [0.5, 0.6) is 0 Å². The Bertz CT molecular complexity index is 403. The molecular formula is C12H22O12. The molecule has 12 heteroatoms. The van der Waals surface area contributed by atoms with Crippen molar-refractivity contribution in [3.8, 4) is 0 Å². The van der Waals surface area contributed by atoms with Crippen molar-refractivity contribution in [2.75, 3.05) is 13.2 Å². The standard InChI is InChI=1S/C12H22O12/c13-1-3(15)10(7(18)8(19)11(21)22)24-12-9(20)6(17)5(16)4(2-14)23-12/h3-10,12-20H,1-2H2,(H,21,22)/t3-,4-,5?,6?,7?,8?,9-,10-,12?/m1/s1. The average Bonchev–Trinajstić information content (AvgIpc) is 2.57. The predicted molar refractivity (Wildman–Crippen MR) is 71.4 cm³/mol. The van der Waals surface area contributed by atoms with Gasteiger partial charge in [0.2, 0.25) is 0 Å². The highest BCUT2D eigenvalue weighted by Crippen LogP contribution is 2.24. The summed E-state index contributed by atoms with van der Waals surface area (Å²) in [6, 6.07) is 0. The molecule has 9 atom stereocenters. The Balaban J connectivity index is 2.94. The highest BCUT2D eigenvalue weighted by molar-refractivity contribution is 5.72. The topological polar surface area (TPSA) is 218 Å². The minimum absolute atomic E-state index is 0.766. The Morgan fingerprint density at radius 3 is 2.08 bits per heavy atom. The van der Waals surface area contributed by atoms with Gasteiger partial charge in [-0.2, -0.15) is 0 Å². The fourth-order valence-corrected chi connectivity index (χ4v) is 2.16. The van der Waals surface area contributed by atoms with Crippen LogP contribution in [0.3, 0.4) is 0 Å². The molecule has 1 aliphatic heterocycles. The van der Waals surface area contributed by atoms with Crippen LogP contribution in [-0.2, 0) is 14.3 Å². The van der Waals surface area contributed by atoms with Gasteiger partial charge in [0, 0.05) is 0 Å². The second-order valence-corrected chi connectivity index (χ2v) is 5.32. The first-order valence-electron chi connectivity index (χ1n) is 6.99. The molecule has 0 amide bonds. The van der Waals surface area contributed by atoms with Crippen LogP contribution in [0.4, 0.5) is 0 Å². The second kappa shape index (κ2) is 8.96. The molecule has 5 unspecified atom stereocenters. The Morgan fingerprint density at radius 1 is 1.04 bits per heavy atom. The maximum atomic E-state index is 10.7. The molecule has 1 heterocycles. The number of aliphatic hydroxyl groups is 8. The van der Waals surface area contributed by atoms with Crippen LogP contribution >= 0.6 is 0 Å². The molecule has 0 spiro atoms. The Hall–Kier alpha value is -0.930. The molecule has 0 aromatic carbocycles. The van der Waals surface area contributed by atoms with Crippen molar-refractivity contribution in [3.63, 3.8) is 0 Å². The molecule has 0 saturated carbocycles. The summed E-state index contributed by atoms with van der Waals surface area (Å²) in [6.45, 7) is -1.76. The molecule has 24 heavy (non-hydrogen) atoms. The summed E-state index contributed by atoms with van der Waals surface area (Å²) >= 11 is 0. The van der Waals surface area contributed by atoms with Gasteiger partial charge in [-0.15, -0.1) is 0 Å². The van der Waals surface area contributed by atoms with Crippen LogP contribution in [0.25, 0.3) is 0 Å². The van der Waals surface area contributed by atoms with Gasteiger partial charge in [-0.25, -0.2) is 4.79 Å². The van der Waals surface area contributed by atoms with E-state index in [1.165, 1.54) is 0 Å². The summed E-state index contributed by atoms with van der Waals surface area (Å²) in [6.07, 6.45) is -16.9. The Kier molecular flexibility index (Phi) is 7.88. The minimum atomic E-state index is -2.39. The highest BCUT2D eigenvalue weighted by Gasteiger charge is 2.47. The third kappa shape index (κ3) is 4.58. The molecular weight excluding hydrogens is 336 g/mol. The summed E-state index contributed by atoms with van der Waals surface area (Å²) in [5.74, 6) is -1.84. The molecule has 0 aliphatic carbocycles. The Morgan fingerprint density at radius 2 is 1.62 bits per heavy atom. The smallest absolute Gasteiger partial charge is 0.335 e. The molecule has 12 nitrogen and oxygen atoms in total. The molecule has 0 aromatic heterocycles. The van der Waals surface area contributed by atoms with E-state index in [1.54, 1.807) is 0 Å². The fraction of sp³-hybridized carbons (Fsp3) is 0.917. The average molecular weight is 358 g/mol. The number of carbonyl (C=O) groups is 1. The van der Waals surface area contributed by atoms with E-state index in [0.29, 0.717) is 0 Å². The van der Waals surface area contributed by atoms with Crippen molar-refractivity contribution in [1.82, 2.24) is 0 Å². The molecule has 1 fully saturated rings. The summed E-state index contributed by atoms with van der Waals surface area (Å²) in [5, 5.41) is 84.5. The van der Waals surface area contributed by atoms with Gasteiger partial charge in [0.05, 0.1) is 13.2 Å². The van der Waals surface area contributed by atoms with Gasteiger partial charge in [0.15, 0.2) is 12.4 Å². The molecule has 1 saturated heterocycles. The lowest BCUT2D eigenvalue weighted by Crippen LogP contribution is -2.61. The van der Waals surface area contributed by atoms with Gasteiger partial charge in [-0.3, -0.25) is 0 Å². The van der Waals surface area contributed by atoms with Crippen LogP contribution < -0.4 is 0 Å². The number of hydrogen-bond donors (Lipinski definition) is 9. The van der Waals surface area contributed by atoms with Crippen molar-refractivity contribution in [2.45, 2.75) is 55.1 Å². The van der Waals surface area contributed by atoms with Gasteiger partial charge in [-0.05, 0) is 0 Å². The quantitative estimate of drug-likeness (QED) is 0.198. The molecule has 142 valence electrons. The first-order chi connectivity index (χ1) is 11.1. The largest absolute Gasteiger partial charge is 0.479 e. The molecule has 1 aliphatic rings. The molecule has 9 N–H and O–H groups in total. The maximum absolute atomic E-state index is 10.7. The van der Waals surface area contributed by atoms with E-state index in [0.717, 1.165) is 0 Å². The lowest BCUT2D eigenvalue weighted by Gasteiger charge is -2.42. The van der Waals surface area contributed by atoms with Crippen molar-refractivity contribution >= 4 is 5.97 Å². The fourth-order valence-electron chi connectivity index (χ4n) is 2.16. The molecule has 0 bridgehead atoms. The van der Waals surface area contributed by atoms with E-state index < -0.39 is 74.3 Å². The third-order valence-electron chi connectivity index (χ3n) is 3.62. The monoisotopic (exact) mass is 358 g/mol. The van der Waals surface area contributed by atoms with Crippen molar-refractivity contribution in [3.05, 3.63) is 0 Å². The van der Waals surface area contributed by atoms with E-state index in [-0.39, 0.29) is 0 Å². The summed E-state index contributed by atoms with van der Waals surface area (Å²) in [5.41, 5.74) is 0. The first-order valence-corrected chi connectivity index (χ1v) is 6.99. The zero-order valence-electron chi connectivity index (χ0n) is 12.4.